The largest absolute Gasteiger partial charge is 0.451 e. The van der Waals surface area contributed by atoms with Crippen molar-refractivity contribution in [1.82, 2.24) is 4.90 Å². The molecule has 0 aromatic heterocycles. The maximum atomic E-state index is 12.5. The van der Waals surface area contributed by atoms with Gasteiger partial charge >= 0.3 is 6.18 Å². The summed E-state index contributed by atoms with van der Waals surface area (Å²) in [7, 11) is 0. The fourth-order valence-electron chi connectivity index (χ4n) is 2.43. The monoisotopic (exact) mass is 266 g/mol. The Morgan fingerprint density at radius 2 is 1.89 bits per heavy atom. The van der Waals surface area contributed by atoms with Crippen LogP contribution in [0, 0.1) is 5.92 Å². The van der Waals surface area contributed by atoms with Crippen molar-refractivity contribution in [3.8, 4) is 0 Å². The van der Waals surface area contributed by atoms with Crippen molar-refractivity contribution in [1.29, 1.82) is 0 Å². The maximum absolute atomic E-state index is 12.5. The molecule has 0 radical (unpaired) electrons. The summed E-state index contributed by atoms with van der Waals surface area (Å²) < 4.78 is 37.6. The van der Waals surface area contributed by atoms with Crippen LogP contribution >= 0.6 is 0 Å². The molecule has 1 fully saturated rings. The summed E-state index contributed by atoms with van der Waals surface area (Å²) in [5, 5.41) is 0. The maximum Gasteiger partial charge on any atom is 0.451 e. The number of hydrogen-bond donors (Lipinski definition) is 1. The average molecular weight is 266 g/mol. The molecule has 4 nitrogen and oxygen atoms in total. The van der Waals surface area contributed by atoms with E-state index < -0.39 is 35.9 Å². The lowest BCUT2D eigenvalue weighted by Crippen LogP contribution is -2.54. The summed E-state index contributed by atoms with van der Waals surface area (Å²) >= 11 is 0. The third-order valence-corrected chi connectivity index (χ3v) is 3.16. The summed E-state index contributed by atoms with van der Waals surface area (Å²) in [6, 6.07) is -2.10. The van der Waals surface area contributed by atoms with Crippen LogP contribution in [0.15, 0.2) is 0 Å². The van der Waals surface area contributed by atoms with Crippen LogP contribution in [-0.2, 0) is 9.59 Å². The van der Waals surface area contributed by atoms with E-state index in [2.05, 4.69) is 0 Å². The molecule has 0 aromatic carbocycles. The van der Waals surface area contributed by atoms with Crippen LogP contribution in [0.5, 0.6) is 0 Å². The number of nitrogens with zero attached hydrogens (tertiary/aromatic N) is 1. The van der Waals surface area contributed by atoms with E-state index in [-0.39, 0.29) is 6.54 Å². The molecule has 2 N–H and O–H groups in total. The molecule has 1 saturated heterocycles. The van der Waals surface area contributed by atoms with E-state index in [4.69, 9.17) is 5.73 Å². The Morgan fingerprint density at radius 1 is 1.33 bits per heavy atom. The predicted octanol–water partition coefficient (Wildman–Crippen LogP) is 1.09. The Morgan fingerprint density at radius 3 is 2.28 bits per heavy atom. The highest BCUT2D eigenvalue weighted by atomic mass is 19.4. The Labute approximate surface area is 103 Å². The number of ketones is 1. The van der Waals surface area contributed by atoms with Crippen molar-refractivity contribution in [3.05, 3.63) is 0 Å². The second kappa shape index (κ2) is 5.26. The van der Waals surface area contributed by atoms with E-state index in [1.54, 1.807) is 0 Å². The van der Waals surface area contributed by atoms with Gasteiger partial charge in [-0.1, -0.05) is 13.8 Å². The molecule has 1 heterocycles. The molecule has 0 aliphatic carbocycles. The molecule has 0 spiro atoms. The van der Waals surface area contributed by atoms with Gasteiger partial charge in [-0.15, -0.1) is 0 Å². The molecular weight excluding hydrogens is 249 g/mol. The third-order valence-electron chi connectivity index (χ3n) is 3.16. The molecule has 1 aliphatic heterocycles. The summed E-state index contributed by atoms with van der Waals surface area (Å²) in [4.78, 5) is 23.9. The highest BCUT2D eigenvalue weighted by Gasteiger charge is 2.49. The molecule has 0 bridgehead atoms. The van der Waals surface area contributed by atoms with Crippen LogP contribution in [0.3, 0.4) is 0 Å². The number of carbonyl (C=O) groups excluding carboxylic acids is 2. The number of amides is 1. The lowest BCUT2D eigenvalue weighted by molar-refractivity contribution is -0.179. The second-order valence-electron chi connectivity index (χ2n) is 4.85. The summed E-state index contributed by atoms with van der Waals surface area (Å²) in [5.41, 5.74) is 5.16. The van der Waals surface area contributed by atoms with Crippen LogP contribution < -0.4 is 5.73 Å². The molecule has 1 aliphatic rings. The first-order valence-electron chi connectivity index (χ1n) is 5.82. The third kappa shape index (κ3) is 3.01. The fourth-order valence-corrected chi connectivity index (χ4v) is 2.43. The van der Waals surface area contributed by atoms with Gasteiger partial charge in [0.05, 0.1) is 12.1 Å². The minimum absolute atomic E-state index is 0.290. The zero-order valence-corrected chi connectivity index (χ0v) is 10.3. The second-order valence-corrected chi connectivity index (χ2v) is 4.85. The van der Waals surface area contributed by atoms with Gasteiger partial charge in [0.25, 0.3) is 5.78 Å². The van der Waals surface area contributed by atoms with Crippen LogP contribution in [0.4, 0.5) is 13.2 Å². The van der Waals surface area contributed by atoms with Crippen molar-refractivity contribution < 1.29 is 22.8 Å². The lowest BCUT2D eigenvalue weighted by atomic mass is 9.96. The van der Waals surface area contributed by atoms with Crippen molar-refractivity contribution in [2.75, 3.05) is 6.54 Å². The quantitative estimate of drug-likeness (QED) is 0.828. The number of halogens is 3. The highest BCUT2D eigenvalue weighted by molar-refractivity contribution is 5.90. The molecule has 104 valence electrons. The van der Waals surface area contributed by atoms with Crippen LogP contribution in [0.1, 0.15) is 26.7 Å². The topological polar surface area (TPSA) is 63.4 Å². The first-order chi connectivity index (χ1) is 8.16. The van der Waals surface area contributed by atoms with Gasteiger partial charge in [-0.05, 0) is 25.3 Å². The lowest BCUT2D eigenvalue weighted by Gasteiger charge is -2.33. The molecule has 7 heteroatoms. The predicted molar refractivity (Wildman–Crippen MR) is 58.6 cm³/mol. The number of hydrogen-bond acceptors (Lipinski definition) is 3. The molecule has 1 unspecified atom stereocenters. The summed E-state index contributed by atoms with van der Waals surface area (Å²) in [6.07, 6.45) is -3.91. The molecule has 0 saturated carbocycles. The molecule has 2 atom stereocenters. The molecule has 18 heavy (non-hydrogen) atoms. The zero-order valence-electron chi connectivity index (χ0n) is 10.3. The van der Waals surface area contributed by atoms with Gasteiger partial charge in [-0.25, -0.2) is 0 Å². The smallest absolute Gasteiger partial charge is 0.368 e. The number of Topliss-reactive ketones (excluding diaryl/α,β-unsaturated/α-hetero) is 1. The number of nitrogens with two attached hydrogens (primary N) is 1. The Hall–Kier alpha value is -1.11. The van der Waals surface area contributed by atoms with Gasteiger partial charge < -0.3 is 5.73 Å². The molecule has 1 rings (SSSR count). The number of likely N-dealkylation sites (tertiary alicyclic amines) is 1. The van der Waals surface area contributed by atoms with Gasteiger partial charge in [0, 0.05) is 0 Å². The fraction of sp³-hybridized carbons (Fsp3) is 0.818. The van der Waals surface area contributed by atoms with E-state index in [1.165, 1.54) is 18.7 Å². The van der Waals surface area contributed by atoms with Crippen molar-refractivity contribution in [3.63, 3.8) is 0 Å². The van der Waals surface area contributed by atoms with Crippen LogP contribution in [-0.4, -0.2) is 41.4 Å². The van der Waals surface area contributed by atoms with Crippen molar-refractivity contribution in [2.45, 2.75) is 44.9 Å². The van der Waals surface area contributed by atoms with E-state index in [0.717, 1.165) is 0 Å². The Kier molecular flexibility index (Phi) is 4.37. The van der Waals surface area contributed by atoms with Gasteiger partial charge in [0.1, 0.15) is 0 Å². The number of rotatable bonds is 4. The summed E-state index contributed by atoms with van der Waals surface area (Å²) in [6.45, 7) is 3.35. The van der Waals surface area contributed by atoms with E-state index in [1.807, 2.05) is 0 Å². The number of carbonyl (C=O) groups is 2. The standard InChI is InChI=1S/C11H17F3N2O2/c1-6(2)8(9(17)11(12,13)14)16-5-3-4-7(16)10(15)18/h6-8H,3-5H2,1-2H3,(H2,15,18)/t7?,8-/m1/s1. The van der Waals surface area contributed by atoms with Crippen LogP contribution in [0.2, 0.25) is 0 Å². The first kappa shape index (κ1) is 14.9. The van der Waals surface area contributed by atoms with Crippen molar-refractivity contribution in [2.24, 2.45) is 11.7 Å². The van der Waals surface area contributed by atoms with E-state index >= 15 is 0 Å². The van der Waals surface area contributed by atoms with Crippen molar-refractivity contribution >= 4 is 11.7 Å². The minimum Gasteiger partial charge on any atom is -0.368 e. The SMILES string of the molecule is CC(C)[C@H](C(=O)C(F)(F)F)N1CCCC1C(N)=O. The Balaban J connectivity index is 2.99. The van der Waals surface area contributed by atoms with Gasteiger partial charge in [-0.3, -0.25) is 14.5 Å². The number of alkyl halides is 3. The molecule has 1 amide bonds. The average Bonchev–Trinajstić information content (AvgIpc) is 2.64. The van der Waals surface area contributed by atoms with Gasteiger partial charge in [0.15, 0.2) is 0 Å². The summed E-state index contributed by atoms with van der Waals surface area (Å²) in [5.74, 6) is -3.00. The zero-order chi connectivity index (χ0) is 14.1. The molecular formula is C11H17F3N2O2. The first-order valence-corrected chi connectivity index (χ1v) is 5.82. The van der Waals surface area contributed by atoms with E-state index in [9.17, 15) is 22.8 Å². The van der Waals surface area contributed by atoms with Crippen LogP contribution in [0.25, 0.3) is 0 Å². The molecule has 0 aromatic rings. The van der Waals surface area contributed by atoms with Gasteiger partial charge in [0.2, 0.25) is 5.91 Å². The Bertz CT molecular complexity index is 342. The highest BCUT2D eigenvalue weighted by Crippen LogP contribution is 2.29. The van der Waals surface area contributed by atoms with E-state index in [0.29, 0.717) is 12.8 Å². The van der Waals surface area contributed by atoms with Gasteiger partial charge in [-0.2, -0.15) is 13.2 Å². The normalized spacial score (nSPS) is 23.3. The number of primary amides is 1. The minimum atomic E-state index is -4.89.